The third kappa shape index (κ3) is 1.77. The first kappa shape index (κ1) is 11.2. The highest BCUT2D eigenvalue weighted by Gasteiger charge is 2.10. The van der Waals surface area contributed by atoms with Crippen molar-refractivity contribution in [1.29, 1.82) is 0 Å². The quantitative estimate of drug-likeness (QED) is 0.666. The van der Waals surface area contributed by atoms with Gasteiger partial charge in [-0.05, 0) is 49.7 Å². The van der Waals surface area contributed by atoms with Crippen LogP contribution in [0.2, 0.25) is 5.02 Å². The van der Waals surface area contributed by atoms with Gasteiger partial charge >= 0.3 is 0 Å². The van der Waals surface area contributed by atoms with Crippen molar-refractivity contribution < 1.29 is 0 Å². The monoisotopic (exact) mass is 257 g/mol. The molecule has 0 aliphatic heterocycles. The Morgan fingerprint density at radius 3 is 2.56 bits per heavy atom. The molecule has 0 atom stereocenters. The molecule has 0 amide bonds. The molecule has 0 fully saturated rings. The molecule has 0 spiro atoms. The smallest absolute Gasteiger partial charge is 0.163 e. The fourth-order valence-electron chi connectivity index (χ4n) is 2.01. The van der Waals surface area contributed by atoms with Gasteiger partial charge in [-0.15, -0.1) is 0 Å². The van der Waals surface area contributed by atoms with Crippen LogP contribution in [0.5, 0.6) is 0 Å². The predicted octanol–water partition coefficient (Wildman–Crippen LogP) is 3.69. The van der Waals surface area contributed by atoms with Crippen LogP contribution in [-0.4, -0.2) is 14.8 Å². The van der Waals surface area contributed by atoms with Crippen molar-refractivity contribution in [2.45, 2.75) is 13.8 Å². The molecule has 0 saturated carbocycles. The van der Waals surface area contributed by atoms with E-state index in [1.807, 2.05) is 49.0 Å². The van der Waals surface area contributed by atoms with E-state index in [-0.39, 0.29) is 0 Å². The average molecular weight is 258 g/mol. The lowest BCUT2D eigenvalue weighted by molar-refractivity contribution is 0.877. The molecular formula is C14H12ClN3. The van der Waals surface area contributed by atoms with Crippen LogP contribution in [0.3, 0.4) is 0 Å². The second-order valence-corrected chi connectivity index (χ2v) is 4.79. The SMILES string of the molecule is Cc1cnc2c(c1)c(C)nn2-c1ccc(Cl)cc1. The topological polar surface area (TPSA) is 30.7 Å². The molecule has 18 heavy (non-hydrogen) atoms. The number of hydrogen-bond donors (Lipinski definition) is 0. The summed E-state index contributed by atoms with van der Waals surface area (Å²) in [5.74, 6) is 0. The second kappa shape index (κ2) is 4.10. The molecule has 0 unspecified atom stereocenters. The number of benzene rings is 1. The van der Waals surface area contributed by atoms with Crippen LogP contribution in [0.1, 0.15) is 11.3 Å². The van der Waals surface area contributed by atoms with E-state index in [1.54, 1.807) is 0 Å². The molecular weight excluding hydrogens is 246 g/mol. The molecule has 0 aliphatic carbocycles. The molecule has 1 aromatic carbocycles. The molecule has 0 saturated heterocycles. The first-order valence-corrected chi connectivity index (χ1v) is 6.11. The lowest BCUT2D eigenvalue weighted by Crippen LogP contribution is -1.97. The Labute approximate surface area is 110 Å². The maximum Gasteiger partial charge on any atom is 0.163 e. The molecule has 0 radical (unpaired) electrons. The molecule has 2 heterocycles. The van der Waals surface area contributed by atoms with E-state index in [2.05, 4.69) is 16.1 Å². The average Bonchev–Trinajstić information content (AvgIpc) is 2.68. The minimum Gasteiger partial charge on any atom is -0.236 e. The summed E-state index contributed by atoms with van der Waals surface area (Å²) >= 11 is 5.90. The number of halogens is 1. The van der Waals surface area contributed by atoms with Crippen molar-refractivity contribution in [3.05, 3.63) is 52.8 Å². The number of fused-ring (bicyclic) bond motifs is 1. The first-order valence-electron chi connectivity index (χ1n) is 5.73. The van der Waals surface area contributed by atoms with E-state index in [0.29, 0.717) is 0 Å². The summed E-state index contributed by atoms with van der Waals surface area (Å²) in [7, 11) is 0. The highest BCUT2D eigenvalue weighted by atomic mass is 35.5. The molecule has 4 heteroatoms. The van der Waals surface area contributed by atoms with Crippen molar-refractivity contribution >= 4 is 22.6 Å². The third-order valence-electron chi connectivity index (χ3n) is 2.91. The summed E-state index contributed by atoms with van der Waals surface area (Å²) in [6.07, 6.45) is 1.86. The van der Waals surface area contributed by atoms with Gasteiger partial charge in [0.15, 0.2) is 5.65 Å². The van der Waals surface area contributed by atoms with Gasteiger partial charge in [0.05, 0.1) is 11.4 Å². The van der Waals surface area contributed by atoms with Gasteiger partial charge in [0.2, 0.25) is 0 Å². The predicted molar refractivity (Wildman–Crippen MR) is 73.3 cm³/mol. The number of nitrogens with zero attached hydrogens (tertiary/aromatic N) is 3. The summed E-state index contributed by atoms with van der Waals surface area (Å²) in [6, 6.07) is 9.70. The van der Waals surface area contributed by atoms with Gasteiger partial charge < -0.3 is 0 Å². The van der Waals surface area contributed by atoms with Crippen LogP contribution in [-0.2, 0) is 0 Å². The summed E-state index contributed by atoms with van der Waals surface area (Å²) in [5.41, 5.74) is 3.96. The standard InChI is InChI=1S/C14H12ClN3/c1-9-7-13-10(2)17-18(14(13)16-8-9)12-5-3-11(15)4-6-12/h3-8H,1-2H3. The van der Waals surface area contributed by atoms with Crippen LogP contribution < -0.4 is 0 Å². The number of aryl methyl sites for hydroxylation is 2. The summed E-state index contributed by atoms with van der Waals surface area (Å²) in [4.78, 5) is 4.47. The fraction of sp³-hybridized carbons (Fsp3) is 0.143. The van der Waals surface area contributed by atoms with Gasteiger partial charge in [-0.25, -0.2) is 9.67 Å². The minimum atomic E-state index is 0.718. The highest BCUT2D eigenvalue weighted by molar-refractivity contribution is 6.30. The van der Waals surface area contributed by atoms with Gasteiger partial charge in [-0.2, -0.15) is 5.10 Å². The molecule has 0 N–H and O–H groups in total. The fourth-order valence-corrected chi connectivity index (χ4v) is 2.14. The van der Waals surface area contributed by atoms with Crippen molar-refractivity contribution in [2.24, 2.45) is 0 Å². The van der Waals surface area contributed by atoms with Gasteiger partial charge in [-0.1, -0.05) is 11.6 Å². The van der Waals surface area contributed by atoms with E-state index in [1.165, 1.54) is 0 Å². The molecule has 3 rings (SSSR count). The molecule has 3 nitrogen and oxygen atoms in total. The van der Waals surface area contributed by atoms with E-state index < -0.39 is 0 Å². The zero-order valence-electron chi connectivity index (χ0n) is 10.2. The molecule has 0 aliphatic rings. The Kier molecular flexibility index (Phi) is 2.56. The second-order valence-electron chi connectivity index (χ2n) is 4.36. The Hall–Kier alpha value is -1.87. The van der Waals surface area contributed by atoms with Crippen LogP contribution in [0.4, 0.5) is 0 Å². The van der Waals surface area contributed by atoms with Gasteiger partial charge in [0, 0.05) is 16.6 Å². The van der Waals surface area contributed by atoms with Crippen molar-refractivity contribution in [1.82, 2.24) is 14.8 Å². The number of aromatic nitrogens is 3. The molecule has 2 aromatic heterocycles. The van der Waals surface area contributed by atoms with Gasteiger partial charge in [-0.3, -0.25) is 0 Å². The first-order chi connectivity index (χ1) is 8.65. The van der Waals surface area contributed by atoms with Crippen molar-refractivity contribution in [3.8, 4) is 5.69 Å². The summed E-state index contributed by atoms with van der Waals surface area (Å²) in [6.45, 7) is 4.03. The Morgan fingerprint density at radius 2 is 1.83 bits per heavy atom. The van der Waals surface area contributed by atoms with Crippen molar-refractivity contribution in [3.63, 3.8) is 0 Å². The zero-order chi connectivity index (χ0) is 12.7. The Balaban J connectivity index is 2.26. The number of pyridine rings is 1. The van der Waals surface area contributed by atoms with E-state index in [0.717, 1.165) is 33.0 Å². The van der Waals surface area contributed by atoms with Crippen LogP contribution in [0, 0.1) is 13.8 Å². The minimum absolute atomic E-state index is 0.718. The lowest BCUT2D eigenvalue weighted by Gasteiger charge is -2.02. The number of rotatable bonds is 1. The maximum atomic E-state index is 5.90. The van der Waals surface area contributed by atoms with Crippen molar-refractivity contribution in [2.75, 3.05) is 0 Å². The van der Waals surface area contributed by atoms with E-state index in [4.69, 9.17) is 11.6 Å². The van der Waals surface area contributed by atoms with Crippen LogP contribution in [0.25, 0.3) is 16.7 Å². The van der Waals surface area contributed by atoms with E-state index in [9.17, 15) is 0 Å². The summed E-state index contributed by atoms with van der Waals surface area (Å²) in [5, 5.41) is 6.35. The van der Waals surface area contributed by atoms with E-state index >= 15 is 0 Å². The Morgan fingerprint density at radius 1 is 1.11 bits per heavy atom. The lowest BCUT2D eigenvalue weighted by atomic mass is 10.2. The molecule has 3 aromatic rings. The van der Waals surface area contributed by atoms with Gasteiger partial charge in [0.1, 0.15) is 0 Å². The van der Waals surface area contributed by atoms with Gasteiger partial charge in [0.25, 0.3) is 0 Å². The summed E-state index contributed by atoms with van der Waals surface area (Å²) < 4.78 is 1.85. The number of hydrogen-bond acceptors (Lipinski definition) is 2. The van der Waals surface area contributed by atoms with Crippen LogP contribution >= 0.6 is 11.6 Å². The highest BCUT2D eigenvalue weighted by Crippen LogP contribution is 2.21. The zero-order valence-corrected chi connectivity index (χ0v) is 10.9. The Bertz CT molecular complexity index is 714. The largest absolute Gasteiger partial charge is 0.236 e. The normalized spacial score (nSPS) is 11.1. The molecule has 0 bridgehead atoms. The maximum absolute atomic E-state index is 5.90. The van der Waals surface area contributed by atoms with Crippen LogP contribution in [0.15, 0.2) is 36.5 Å². The molecule has 90 valence electrons. The third-order valence-corrected chi connectivity index (χ3v) is 3.17.